The van der Waals surface area contributed by atoms with Crippen LogP contribution in [0.4, 0.5) is 0 Å². The molecule has 1 aliphatic rings. The van der Waals surface area contributed by atoms with Crippen molar-refractivity contribution < 1.29 is 15.0 Å². The van der Waals surface area contributed by atoms with E-state index in [0.717, 1.165) is 29.4 Å². The summed E-state index contributed by atoms with van der Waals surface area (Å²) in [4.78, 5) is 22.1. The lowest BCUT2D eigenvalue weighted by Gasteiger charge is -2.11. The molecule has 0 saturated heterocycles. The molecule has 1 aliphatic heterocycles. The van der Waals surface area contributed by atoms with Gasteiger partial charge in [-0.05, 0) is 70.4 Å². The van der Waals surface area contributed by atoms with Crippen molar-refractivity contribution in [2.45, 2.75) is 12.8 Å². The molecule has 0 fully saturated rings. The highest BCUT2D eigenvalue weighted by Gasteiger charge is 2.23. The van der Waals surface area contributed by atoms with Crippen LogP contribution >= 0.6 is 0 Å². The molecule has 156 valence electrons. The number of carbonyl (C=O) groups excluding carboxylic acids is 1. The van der Waals surface area contributed by atoms with E-state index in [1.165, 1.54) is 0 Å². The molecule has 4 N–H and O–H groups in total. The maximum atomic E-state index is 12.5. The van der Waals surface area contributed by atoms with Crippen molar-refractivity contribution in [1.82, 2.24) is 15.2 Å². The summed E-state index contributed by atoms with van der Waals surface area (Å²) in [6.45, 7) is 1.47. The number of benzene rings is 2. The van der Waals surface area contributed by atoms with E-state index in [1.54, 1.807) is 12.1 Å². The monoisotopic (exact) mass is 406 g/mol. The van der Waals surface area contributed by atoms with E-state index in [9.17, 15) is 15.0 Å². The molecule has 0 saturated carbocycles. The quantitative estimate of drug-likeness (QED) is 0.473. The number of H-pyrrole nitrogens is 1. The highest BCUT2D eigenvalue weighted by atomic mass is 16.3. The van der Waals surface area contributed by atoms with Gasteiger partial charge in [-0.2, -0.15) is 0 Å². The van der Waals surface area contributed by atoms with Gasteiger partial charge >= 0.3 is 0 Å². The molecular formula is C23H26N4O3. The molecule has 3 aromatic rings. The zero-order chi connectivity index (χ0) is 21.4. The number of rotatable bonds is 7. The van der Waals surface area contributed by atoms with Crippen LogP contribution in [-0.2, 0) is 11.2 Å². The maximum Gasteiger partial charge on any atom is 0.274 e. The van der Waals surface area contributed by atoms with Gasteiger partial charge in [0.25, 0.3) is 5.91 Å². The molecule has 0 radical (unpaired) electrons. The van der Waals surface area contributed by atoms with Crippen molar-refractivity contribution >= 4 is 22.4 Å². The van der Waals surface area contributed by atoms with Crippen molar-refractivity contribution in [2.75, 3.05) is 34.2 Å². The van der Waals surface area contributed by atoms with Gasteiger partial charge < -0.3 is 25.4 Å². The second-order valence-corrected chi connectivity index (χ2v) is 7.86. The lowest BCUT2D eigenvalue weighted by atomic mass is 9.97. The first-order valence-electron chi connectivity index (χ1n) is 10.0. The fourth-order valence-corrected chi connectivity index (χ4v) is 4.00. The number of hydrogen-bond acceptors (Lipinski definition) is 5. The van der Waals surface area contributed by atoms with Crippen LogP contribution < -0.4 is 15.9 Å². The van der Waals surface area contributed by atoms with Crippen LogP contribution in [0.25, 0.3) is 27.6 Å². The Morgan fingerprint density at radius 3 is 2.60 bits per heavy atom. The first-order valence-corrected chi connectivity index (χ1v) is 10.0. The van der Waals surface area contributed by atoms with E-state index < -0.39 is 0 Å². The molecule has 0 spiro atoms. The van der Waals surface area contributed by atoms with E-state index >= 15 is 0 Å². The number of nitrogens with zero attached hydrogens (tertiary/aromatic N) is 2. The van der Waals surface area contributed by atoms with Crippen molar-refractivity contribution in [3.63, 3.8) is 0 Å². The van der Waals surface area contributed by atoms with Gasteiger partial charge in [0.1, 0.15) is 11.5 Å². The number of aromatic nitrogens is 1. The van der Waals surface area contributed by atoms with Crippen LogP contribution in [0.5, 0.6) is 11.5 Å². The molecule has 0 aliphatic carbocycles. The number of aromatic amines is 1. The van der Waals surface area contributed by atoms with E-state index in [-0.39, 0.29) is 17.4 Å². The number of carbonyl (C=O) groups is 1. The van der Waals surface area contributed by atoms with E-state index in [4.69, 9.17) is 0 Å². The third kappa shape index (κ3) is 3.36. The first-order chi connectivity index (χ1) is 14.4. The Morgan fingerprint density at radius 1 is 1.10 bits per heavy atom. The molecule has 7 nitrogen and oxygen atoms in total. The van der Waals surface area contributed by atoms with Crippen molar-refractivity contribution in [1.29, 1.82) is 0 Å². The Balaban J connectivity index is 1.91. The molecule has 1 amide bonds. The Morgan fingerprint density at radius 2 is 1.87 bits per heavy atom. The molecule has 2 heterocycles. The van der Waals surface area contributed by atoms with E-state index in [2.05, 4.69) is 20.2 Å². The number of amides is 1. The molecule has 0 atom stereocenters. The summed E-state index contributed by atoms with van der Waals surface area (Å²) in [5, 5.41) is 26.3. The second-order valence-electron chi connectivity index (χ2n) is 7.86. The number of nitrogens with one attached hydrogen (secondary N) is 2. The second kappa shape index (κ2) is 7.93. The summed E-state index contributed by atoms with van der Waals surface area (Å²) in [7, 11) is 5.84. The van der Waals surface area contributed by atoms with Crippen molar-refractivity contribution in [3.8, 4) is 22.6 Å². The van der Waals surface area contributed by atoms with Crippen LogP contribution in [0, 0.1) is 0 Å². The van der Waals surface area contributed by atoms with Gasteiger partial charge in [0, 0.05) is 40.3 Å². The Hall–Kier alpha value is -3.16. The molecular weight excluding hydrogens is 380 g/mol. The minimum Gasteiger partial charge on any atom is -0.507 e. The zero-order valence-electron chi connectivity index (χ0n) is 17.4. The topological polar surface area (TPSA) is 101 Å². The van der Waals surface area contributed by atoms with Gasteiger partial charge in [-0.1, -0.05) is 0 Å². The minimum absolute atomic E-state index is 0.0309. The number of phenols is 2. The lowest BCUT2D eigenvalue weighted by Crippen LogP contribution is -2.26. The van der Waals surface area contributed by atoms with Gasteiger partial charge in [-0.3, -0.25) is 4.79 Å². The summed E-state index contributed by atoms with van der Waals surface area (Å²) >= 11 is 0. The predicted molar refractivity (Wildman–Crippen MR) is 117 cm³/mol. The van der Waals surface area contributed by atoms with Crippen LogP contribution in [0.15, 0.2) is 35.5 Å². The number of aromatic hydroxyl groups is 2. The molecule has 30 heavy (non-hydrogen) atoms. The summed E-state index contributed by atoms with van der Waals surface area (Å²) < 4.78 is 0. The Bertz CT molecular complexity index is 1260. The lowest BCUT2D eigenvalue weighted by molar-refractivity contribution is -0.112. The third-order valence-electron chi connectivity index (χ3n) is 5.57. The van der Waals surface area contributed by atoms with E-state index in [1.807, 2.05) is 39.5 Å². The molecule has 4 rings (SSSR count). The Labute approximate surface area is 174 Å². The SMILES string of the molecule is CNCCC1=c2c(O)ccc(-c3ccc4[nH]cc(CCN(C)C)c4c3O)c2=NC1=O. The smallest absolute Gasteiger partial charge is 0.274 e. The standard InChI is InChI=1S/C23H26N4O3/c1-24-10-8-16-20-18(28)7-5-14(21(20)26-23(16)30)15-4-6-17-19(22(15)29)13(12-25-17)9-11-27(2)3/h4-7,12,24-25,28-29H,8-11H2,1-3H3. The van der Waals surface area contributed by atoms with Crippen LogP contribution in [-0.4, -0.2) is 60.2 Å². The van der Waals surface area contributed by atoms with Gasteiger partial charge in [0.05, 0.1) is 10.6 Å². The van der Waals surface area contributed by atoms with Crippen molar-refractivity contribution in [3.05, 3.63) is 46.6 Å². The molecule has 2 aromatic carbocycles. The first kappa shape index (κ1) is 20.1. The average Bonchev–Trinajstić information content (AvgIpc) is 3.27. The summed E-state index contributed by atoms with van der Waals surface area (Å²) in [5.41, 5.74) is 3.61. The fourth-order valence-electron chi connectivity index (χ4n) is 4.00. The fraction of sp³-hybridized carbons (Fsp3) is 0.304. The summed E-state index contributed by atoms with van der Waals surface area (Å²) in [6, 6.07) is 7.02. The van der Waals surface area contributed by atoms with Gasteiger partial charge in [-0.25, -0.2) is 4.99 Å². The Kier molecular flexibility index (Phi) is 5.32. The summed E-state index contributed by atoms with van der Waals surface area (Å²) in [6.07, 6.45) is 3.19. The van der Waals surface area contributed by atoms with Crippen molar-refractivity contribution in [2.24, 2.45) is 4.99 Å². The highest BCUT2D eigenvalue weighted by molar-refractivity contribution is 6.16. The summed E-state index contributed by atoms with van der Waals surface area (Å²) in [5.74, 6) is -0.151. The largest absolute Gasteiger partial charge is 0.507 e. The number of hydrogen-bond donors (Lipinski definition) is 4. The molecule has 1 aromatic heterocycles. The zero-order valence-corrected chi connectivity index (χ0v) is 17.4. The van der Waals surface area contributed by atoms with Crippen LogP contribution in [0.1, 0.15) is 12.0 Å². The molecule has 7 heteroatoms. The molecule has 0 bridgehead atoms. The van der Waals surface area contributed by atoms with Gasteiger partial charge in [0.2, 0.25) is 0 Å². The van der Waals surface area contributed by atoms with Crippen LogP contribution in [0.2, 0.25) is 0 Å². The number of fused-ring (bicyclic) bond motifs is 2. The maximum absolute atomic E-state index is 12.5. The van der Waals surface area contributed by atoms with Gasteiger partial charge in [0.15, 0.2) is 0 Å². The number of phenolic OH excluding ortho intramolecular Hbond substituents is 2. The van der Waals surface area contributed by atoms with Crippen LogP contribution in [0.3, 0.4) is 0 Å². The van der Waals surface area contributed by atoms with Gasteiger partial charge in [-0.15, -0.1) is 0 Å². The average molecular weight is 406 g/mol. The predicted octanol–water partition coefficient (Wildman–Crippen LogP) is 1.27. The van der Waals surface area contributed by atoms with E-state index in [0.29, 0.717) is 40.2 Å². The molecule has 0 unspecified atom stereocenters. The highest BCUT2D eigenvalue weighted by Crippen LogP contribution is 2.37. The minimum atomic E-state index is -0.336. The number of likely N-dealkylation sites (N-methyl/N-ethyl adjacent to an activating group) is 1. The normalized spacial score (nSPS) is 13.3. The third-order valence-corrected chi connectivity index (χ3v) is 5.57.